The van der Waals surface area contributed by atoms with Crippen LogP contribution >= 0.6 is 0 Å². The van der Waals surface area contributed by atoms with Gasteiger partial charge in [0.1, 0.15) is 5.82 Å². The van der Waals surface area contributed by atoms with E-state index in [0.29, 0.717) is 18.8 Å². The van der Waals surface area contributed by atoms with Gasteiger partial charge in [-0.05, 0) is 31.9 Å². The molecule has 0 aromatic carbocycles. The molecule has 3 N–H and O–H groups in total. The number of guanidine groups is 1. The predicted molar refractivity (Wildman–Crippen MR) is 120 cm³/mol. The SMILES string of the molecule is CN=C(NCCC(=O)Nc1cccc(C)n1)NCC1(N2CCOCC2)CCCCC1. The first-order valence-corrected chi connectivity index (χ1v) is 11.1. The van der Waals surface area contributed by atoms with Gasteiger partial charge in [0.15, 0.2) is 5.96 Å². The maximum Gasteiger partial charge on any atom is 0.227 e. The molecule has 1 aromatic heterocycles. The molecule has 2 aliphatic rings. The van der Waals surface area contributed by atoms with Gasteiger partial charge < -0.3 is 20.7 Å². The van der Waals surface area contributed by atoms with Crippen molar-refractivity contribution in [1.82, 2.24) is 20.5 Å². The Morgan fingerprint density at radius 3 is 2.67 bits per heavy atom. The molecule has 1 saturated carbocycles. The van der Waals surface area contributed by atoms with Crippen molar-refractivity contribution in [1.29, 1.82) is 0 Å². The number of hydrogen-bond donors (Lipinski definition) is 3. The summed E-state index contributed by atoms with van der Waals surface area (Å²) in [5.41, 5.74) is 1.06. The Hall–Kier alpha value is -2.19. The van der Waals surface area contributed by atoms with E-state index in [2.05, 4.69) is 30.8 Å². The molecule has 1 aromatic rings. The molecule has 0 spiro atoms. The molecule has 3 rings (SSSR count). The zero-order valence-corrected chi connectivity index (χ0v) is 18.4. The minimum atomic E-state index is -0.0619. The number of aliphatic imine (C=N–C) groups is 1. The van der Waals surface area contributed by atoms with Crippen LogP contribution in [-0.2, 0) is 9.53 Å². The molecular weight excluding hydrogens is 380 g/mol. The number of anilines is 1. The summed E-state index contributed by atoms with van der Waals surface area (Å²) >= 11 is 0. The number of nitrogens with one attached hydrogen (secondary N) is 3. The lowest BCUT2D eigenvalue weighted by molar-refractivity contribution is -0.116. The summed E-state index contributed by atoms with van der Waals surface area (Å²) in [5.74, 6) is 1.27. The molecule has 2 heterocycles. The average molecular weight is 417 g/mol. The molecule has 0 atom stereocenters. The molecule has 30 heavy (non-hydrogen) atoms. The van der Waals surface area contributed by atoms with Crippen LogP contribution in [-0.4, -0.2) is 73.7 Å². The first-order valence-electron chi connectivity index (χ1n) is 11.1. The lowest BCUT2D eigenvalue weighted by Gasteiger charge is -2.48. The maximum absolute atomic E-state index is 12.2. The van der Waals surface area contributed by atoms with Gasteiger partial charge in [-0.15, -0.1) is 0 Å². The Morgan fingerprint density at radius 1 is 1.20 bits per heavy atom. The number of ether oxygens (including phenoxy) is 1. The van der Waals surface area contributed by atoms with E-state index in [0.717, 1.165) is 44.5 Å². The molecule has 8 nitrogen and oxygen atoms in total. The number of nitrogens with zero attached hydrogens (tertiary/aromatic N) is 3. The van der Waals surface area contributed by atoms with E-state index in [1.165, 1.54) is 32.1 Å². The van der Waals surface area contributed by atoms with Crippen molar-refractivity contribution in [3.63, 3.8) is 0 Å². The van der Waals surface area contributed by atoms with Gasteiger partial charge in [0.05, 0.1) is 13.2 Å². The maximum atomic E-state index is 12.2. The highest BCUT2D eigenvalue weighted by atomic mass is 16.5. The van der Waals surface area contributed by atoms with E-state index >= 15 is 0 Å². The Morgan fingerprint density at radius 2 is 1.97 bits per heavy atom. The molecule has 1 saturated heterocycles. The van der Waals surface area contributed by atoms with E-state index in [1.54, 1.807) is 13.1 Å². The Kier molecular flexibility index (Phi) is 8.45. The van der Waals surface area contributed by atoms with E-state index in [4.69, 9.17) is 4.74 Å². The van der Waals surface area contributed by atoms with Crippen LogP contribution in [0.1, 0.15) is 44.2 Å². The van der Waals surface area contributed by atoms with Crippen molar-refractivity contribution in [2.45, 2.75) is 51.0 Å². The van der Waals surface area contributed by atoms with Crippen LogP contribution in [0.3, 0.4) is 0 Å². The van der Waals surface area contributed by atoms with Crippen molar-refractivity contribution in [3.05, 3.63) is 23.9 Å². The van der Waals surface area contributed by atoms with Crippen molar-refractivity contribution in [2.75, 3.05) is 51.8 Å². The molecule has 1 aliphatic heterocycles. The van der Waals surface area contributed by atoms with Crippen molar-refractivity contribution in [3.8, 4) is 0 Å². The first kappa shape index (κ1) is 22.5. The summed E-state index contributed by atoms with van der Waals surface area (Å²) in [6, 6.07) is 5.59. The van der Waals surface area contributed by atoms with E-state index in [9.17, 15) is 4.79 Å². The quantitative estimate of drug-likeness (QED) is 0.465. The van der Waals surface area contributed by atoms with Gasteiger partial charge in [0.2, 0.25) is 5.91 Å². The largest absolute Gasteiger partial charge is 0.379 e. The van der Waals surface area contributed by atoms with Crippen LogP contribution in [0, 0.1) is 6.92 Å². The molecule has 2 fully saturated rings. The number of carbonyl (C=O) groups is 1. The second-order valence-corrected chi connectivity index (χ2v) is 8.20. The molecule has 1 aliphatic carbocycles. The number of hydrogen-bond acceptors (Lipinski definition) is 5. The number of morpholine rings is 1. The van der Waals surface area contributed by atoms with Gasteiger partial charge in [-0.2, -0.15) is 0 Å². The van der Waals surface area contributed by atoms with Gasteiger partial charge in [0, 0.05) is 50.9 Å². The highest BCUT2D eigenvalue weighted by Crippen LogP contribution is 2.33. The van der Waals surface area contributed by atoms with E-state index < -0.39 is 0 Å². The van der Waals surface area contributed by atoms with Gasteiger partial charge in [0.25, 0.3) is 0 Å². The molecule has 0 radical (unpaired) electrons. The van der Waals surface area contributed by atoms with Crippen LogP contribution in [0.15, 0.2) is 23.2 Å². The summed E-state index contributed by atoms with van der Waals surface area (Å²) in [6.07, 6.45) is 6.65. The van der Waals surface area contributed by atoms with Crippen LogP contribution in [0.4, 0.5) is 5.82 Å². The molecule has 166 valence electrons. The molecular formula is C22H36N6O2. The van der Waals surface area contributed by atoms with Crippen LogP contribution in [0.25, 0.3) is 0 Å². The number of carbonyl (C=O) groups excluding carboxylic acids is 1. The average Bonchev–Trinajstić information content (AvgIpc) is 2.77. The molecule has 8 heteroatoms. The Labute approximate surface area is 179 Å². The second-order valence-electron chi connectivity index (χ2n) is 8.20. The third-order valence-corrected chi connectivity index (χ3v) is 6.07. The zero-order chi connectivity index (χ0) is 21.2. The van der Waals surface area contributed by atoms with Crippen LogP contribution < -0.4 is 16.0 Å². The van der Waals surface area contributed by atoms with Crippen molar-refractivity contribution >= 4 is 17.7 Å². The molecule has 0 bridgehead atoms. The predicted octanol–water partition coefficient (Wildman–Crippen LogP) is 1.92. The summed E-state index contributed by atoms with van der Waals surface area (Å²) in [7, 11) is 1.77. The summed E-state index contributed by atoms with van der Waals surface area (Å²) < 4.78 is 5.57. The fourth-order valence-electron chi connectivity index (χ4n) is 4.43. The van der Waals surface area contributed by atoms with Crippen LogP contribution in [0.5, 0.6) is 0 Å². The van der Waals surface area contributed by atoms with E-state index in [1.807, 2.05) is 19.1 Å². The fraction of sp³-hybridized carbons (Fsp3) is 0.682. The number of aromatic nitrogens is 1. The summed E-state index contributed by atoms with van der Waals surface area (Å²) in [6.45, 7) is 6.93. The lowest BCUT2D eigenvalue weighted by atomic mass is 9.80. The lowest BCUT2D eigenvalue weighted by Crippen LogP contribution is -2.60. The molecule has 1 amide bonds. The third-order valence-electron chi connectivity index (χ3n) is 6.07. The smallest absolute Gasteiger partial charge is 0.227 e. The summed E-state index contributed by atoms with van der Waals surface area (Å²) in [5, 5.41) is 9.63. The van der Waals surface area contributed by atoms with Gasteiger partial charge >= 0.3 is 0 Å². The second kappa shape index (κ2) is 11.3. The first-order chi connectivity index (χ1) is 14.6. The highest BCUT2D eigenvalue weighted by Gasteiger charge is 2.38. The minimum Gasteiger partial charge on any atom is -0.379 e. The van der Waals surface area contributed by atoms with Gasteiger partial charge in [-0.1, -0.05) is 25.3 Å². The number of pyridine rings is 1. The van der Waals surface area contributed by atoms with Gasteiger partial charge in [-0.3, -0.25) is 14.7 Å². The number of rotatable bonds is 7. The van der Waals surface area contributed by atoms with Crippen molar-refractivity contribution in [2.24, 2.45) is 4.99 Å². The Bertz CT molecular complexity index is 711. The van der Waals surface area contributed by atoms with Crippen molar-refractivity contribution < 1.29 is 9.53 Å². The van der Waals surface area contributed by atoms with E-state index in [-0.39, 0.29) is 11.4 Å². The standard InChI is InChI=1S/C22H36N6O2/c1-18-7-6-8-19(26-18)27-20(29)9-12-24-21(23-2)25-17-22(10-4-3-5-11-22)28-13-15-30-16-14-28/h6-8H,3-5,9-17H2,1-2H3,(H2,23,24,25)(H,26,27,29). The topological polar surface area (TPSA) is 90.9 Å². The number of aryl methyl sites for hydroxylation is 1. The monoisotopic (exact) mass is 416 g/mol. The zero-order valence-electron chi connectivity index (χ0n) is 18.4. The van der Waals surface area contributed by atoms with Gasteiger partial charge in [-0.25, -0.2) is 4.98 Å². The highest BCUT2D eigenvalue weighted by molar-refractivity contribution is 5.90. The third kappa shape index (κ3) is 6.40. The number of amides is 1. The van der Waals surface area contributed by atoms with Crippen LogP contribution in [0.2, 0.25) is 0 Å². The minimum absolute atomic E-state index is 0.0619. The Balaban J connectivity index is 1.45. The molecule has 0 unspecified atom stereocenters. The fourth-order valence-corrected chi connectivity index (χ4v) is 4.43. The summed E-state index contributed by atoms with van der Waals surface area (Å²) in [4.78, 5) is 23.4. The normalized spacial score (nSPS) is 19.9.